The molecule has 0 spiro atoms. The number of rotatable bonds is 7. The summed E-state index contributed by atoms with van der Waals surface area (Å²) in [4.78, 5) is 11.8. The van der Waals surface area contributed by atoms with Crippen molar-refractivity contribution in [2.24, 2.45) is 11.7 Å². The van der Waals surface area contributed by atoms with E-state index in [-0.39, 0.29) is 11.7 Å². The lowest BCUT2D eigenvalue weighted by atomic mass is 10.1. The van der Waals surface area contributed by atoms with E-state index in [0.29, 0.717) is 6.42 Å². The molecule has 1 atom stereocenters. The molecule has 4 N–H and O–H groups in total. The molecule has 104 valence electrons. The fourth-order valence-electron chi connectivity index (χ4n) is 2.12. The van der Waals surface area contributed by atoms with Gasteiger partial charge in [0.25, 0.3) is 0 Å². The van der Waals surface area contributed by atoms with Crippen LogP contribution in [0.2, 0.25) is 0 Å². The van der Waals surface area contributed by atoms with Crippen molar-refractivity contribution >= 4 is 5.91 Å². The molecular formula is C15H22N2O2. The molecule has 1 unspecified atom stereocenters. The Labute approximate surface area is 114 Å². The number of hydrogen-bond donors (Lipinski definition) is 3. The molecule has 19 heavy (non-hydrogen) atoms. The maximum Gasteiger partial charge on any atom is 0.237 e. The number of hydrogen-bond acceptors (Lipinski definition) is 3. The maximum atomic E-state index is 11.8. The van der Waals surface area contributed by atoms with Crippen LogP contribution in [-0.4, -0.2) is 23.6 Å². The van der Waals surface area contributed by atoms with Gasteiger partial charge in [-0.3, -0.25) is 4.79 Å². The highest BCUT2D eigenvalue weighted by Crippen LogP contribution is 2.33. The lowest BCUT2D eigenvalue weighted by Crippen LogP contribution is -2.42. The first-order chi connectivity index (χ1) is 9.15. The summed E-state index contributed by atoms with van der Waals surface area (Å²) in [6.07, 6.45) is 5.47. The first-order valence-electron chi connectivity index (χ1n) is 6.96. The van der Waals surface area contributed by atoms with Gasteiger partial charge in [0.15, 0.2) is 0 Å². The standard InChI is InChI=1S/C15H22N2O2/c16-14(10-12-5-7-13(18)8-6-12)15(19)17-9-1-2-11-3-4-11/h5-8,11,14,18H,1-4,9-10,16H2,(H,17,19). The molecule has 0 aromatic heterocycles. The SMILES string of the molecule is NC(Cc1ccc(O)cc1)C(=O)NCCCC1CC1. The third-order valence-electron chi connectivity index (χ3n) is 3.51. The lowest BCUT2D eigenvalue weighted by molar-refractivity contribution is -0.122. The van der Waals surface area contributed by atoms with Gasteiger partial charge in [0, 0.05) is 6.54 Å². The zero-order valence-corrected chi connectivity index (χ0v) is 11.1. The first-order valence-corrected chi connectivity index (χ1v) is 6.96. The Morgan fingerprint density at radius 3 is 2.68 bits per heavy atom. The predicted octanol–water partition coefficient (Wildman–Crippen LogP) is 1.57. The topological polar surface area (TPSA) is 75.3 Å². The van der Waals surface area contributed by atoms with Crippen molar-refractivity contribution in [1.29, 1.82) is 0 Å². The molecule has 4 nitrogen and oxygen atoms in total. The van der Waals surface area contributed by atoms with Crippen LogP contribution < -0.4 is 11.1 Å². The molecule has 1 amide bonds. The zero-order valence-electron chi connectivity index (χ0n) is 11.1. The van der Waals surface area contributed by atoms with Crippen LogP contribution >= 0.6 is 0 Å². The summed E-state index contributed by atoms with van der Waals surface area (Å²) in [6, 6.07) is 6.27. The van der Waals surface area contributed by atoms with E-state index in [4.69, 9.17) is 5.73 Å². The minimum Gasteiger partial charge on any atom is -0.508 e. The number of phenols is 1. The summed E-state index contributed by atoms with van der Waals surface area (Å²) in [7, 11) is 0. The van der Waals surface area contributed by atoms with E-state index < -0.39 is 6.04 Å². The first kappa shape index (κ1) is 13.9. The Morgan fingerprint density at radius 2 is 2.05 bits per heavy atom. The van der Waals surface area contributed by atoms with E-state index in [1.807, 2.05) is 0 Å². The lowest BCUT2D eigenvalue weighted by Gasteiger charge is -2.12. The molecule has 0 heterocycles. The number of amides is 1. The van der Waals surface area contributed by atoms with Crippen LogP contribution in [0.25, 0.3) is 0 Å². The highest BCUT2D eigenvalue weighted by molar-refractivity contribution is 5.81. The second-order valence-electron chi connectivity index (χ2n) is 5.35. The third kappa shape index (κ3) is 4.91. The van der Waals surface area contributed by atoms with E-state index in [2.05, 4.69) is 5.32 Å². The van der Waals surface area contributed by atoms with E-state index >= 15 is 0 Å². The second-order valence-corrected chi connectivity index (χ2v) is 5.35. The molecule has 2 rings (SSSR count). The molecule has 0 aliphatic heterocycles. The second kappa shape index (κ2) is 6.57. The van der Waals surface area contributed by atoms with E-state index in [9.17, 15) is 9.90 Å². The molecule has 0 saturated heterocycles. The van der Waals surface area contributed by atoms with Crippen molar-refractivity contribution in [3.05, 3.63) is 29.8 Å². The fourth-order valence-corrected chi connectivity index (χ4v) is 2.12. The van der Waals surface area contributed by atoms with Crippen LogP contribution in [0.5, 0.6) is 5.75 Å². The van der Waals surface area contributed by atoms with Gasteiger partial charge >= 0.3 is 0 Å². The van der Waals surface area contributed by atoms with Crippen LogP contribution in [0.1, 0.15) is 31.2 Å². The highest BCUT2D eigenvalue weighted by atomic mass is 16.3. The maximum absolute atomic E-state index is 11.8. The zero-order chi connectivity index (χ0) is 13.7. The molecule has 0 radical (unpaired) electrons. The minimum absolute atomic E-state index is 0.0936. The number of carbonyl (C=O) groups excluding carboxylic acids is 1. The van der Waals surface area contributed by atoms with Crippen molar-refractivity contribution in [3.63, 3.8) is 0 Å². The molecule has 1 aromatic rings. The molecule has 1 saturated carbocycles. The summed E-state index contributed by atoms with van der Waals surface area (Å²) in [5, 5.41) is 12.1. The van der Waals surface area contributed by atoms with Gasteiger partial charge in [-0.2, -0.15) is 0 Å². The molecule has 4 heteroatoms. The van der Waals surface area contributed by atoms with E-state index in [0.717, 1.165) is 24.4 Å². The van der Waals surface area contributed by atoms with Gasteiger partial charge in [0.1, 0.15) is 5.75 Å². The molecule has 1 aromatic carbocycles. The van der Waals surface area contributed by atoms with Gasteiger partial charge < -0.3 is 16.2 Å². The van der Waals surface area contributed by atoms with Crippen LogP contribution in [0.3, 0.4) is 0 Å². The Hall–Kier alpha value is -1.55. The molecule has 1 fully saturated rings. The summed E-state index contributed by atoms with van der Waals surface area (Å²) < 4.78 is 0. The predicted molar refractivity (Wildman–Crippen MR) is 74.8 cm³/mol. The normalized spacial score (nSPS) is 16.1. The summed E-state index contributed by atoms with van der Waals surface area (Å²) in [6.45, 7) is 0.721. The van der Waals surface area contributed by atoms with Gasteiger partial charge in [-0.25, -0.2) is 0 Å². The Balaban J connectivity index is 1.67. The summed E-state index contributed by atoms with van der Waals surface area (Å²) >= 11 is 0. The number of nitrogens with one attached hydrogen (secondary N) is 1. The van der Waals surface area contributed by atoms with E-state index in [1.54, 1.807) is 24.3 Å². The Bertz CT molecular complexity index is 413. The van der Waals surface area contributed by atoms with Gasteiger partial charge in [-0.05, 0) is 42.9 Å². The number of carbonyl (C=O) groups is 1. The van der Waals surface area contributed by atoms with E-state index in [1.165, 1.54) is 19.3 Å². The largest absolute Gasteiger partial charge is 0.508 e. The smallest absolute Gasteiger partial charge is 0.237 e. The van der Waals surface area contributed by atoms with Gasteiger partial charge in [0.2, 0.25) is 5.91 Å². The van der Waals surface area contributed by atoms with Crippen LogP contribution in [0.4, 0.5) is 0 Å². The van der Waals surface area contributed by atoms with Crippen molar-refractivity contribution in [3.8, 4) is 5.75 Å². The Morgan fingerprint density at radius 1 is 1.37 bits per heavy atom. The third-order valence-corrected chi connectivity index (χ3v) is 3.51. The van der Waals surface area contributed by atoms with Crippen molar-refractivity contribution < 1.29 is 9.90 Å². The molecule has 0 bridgehead atoms. The fraction of sp³-hybridized carbons (Fsp3) is 0.533. The van der Waals surface area contributed by atoms with Gasteiger partial charge in [0.05, 0.1) is 6.04 Å². The molecule has 1 aliphatic rings. The highest BCUT2D eigenvalue weighted by Gasteiger charge is 2.20. The van der Waals surface area contributed by atoms with Crippen LogP contribution in [0.15, 0.2) is 24.3 Å². The molecular weight excluding hydrogens is 240 g/mol. The average molecular weight is 262 g/mol. The van der Waals surface area contributed by atoms with Crippen molar-refractivity contribution in [1.82, 2.24) is 5.32 Å². The summed E-state index contributed by atoms with van der Waals surface area (Å²) in [5.74, 6) is 1.04. The number of benzene rings is 1. The van der Waals surface area contributed by atoms with Crippen molar-refractivity contribution in [2.75, 3.05) is 6.54 Å². The van der Waals surface area contributed by atoms with Crippen LogP contribution in [0, 0.1) is 5.92 Å². The quantitative estimate of drug-likeness (QED) is 0.653. The van der Waals surface area contributed by atoms with Gasteiger partial charge in [-0.1, -0.05) is 25.0 Å². The van der Waals surface area contributed by atoms with Crippen molar-refractivity contribution in [2.45, 2.75) is 38.1 Å². The molecule has 1 aliphatic carbocycles. The number of nitrogens with two attached hydrogens (primary N) is 1. The Kier molecular flexibility index (Phi) is 4.80. The number of aromatic hydroxyl groups is 1. The van der Waals surface area contributed by atoms with Crippen LogP contribution in [-0.2, 0) is 11.2 Å². The summed E-state index contributed by atoms with van der Waals surface area (Å²) in [5.41, 5.74) is 6.82. The monoisotopic (exact) mass is 262 g/mol. The van der Waals surface area contributed by atoms with Gasteiger partial charge in [-0.15, -0.1) is 0 Å². The minimum atomic E-state index is -0.523. The average Bonchev–Trinajstić information content (AvgIpc) is 3.21. The number of phenolic OH excluding ortho intramolecular Hbond substituents is 1.